The smallest absolute Gasteiger partial charge is 0.276 e. The van der Waals surface area contributed by atoms with Crippen molar-refractivity contribution in [3.05, 3.63) is 60.3 Å². The number of aromatic nitrogens is 5. The van der Waals surface area contributed by atoms with Gasteiger partial charge in [-0.05, 0) is 48.0 Å². The lowest BCUT2D eigenvalue weighted by Crippen LogP contribution is -2.35. The van der Waals surface area contributed by atoms with Crippen LogP contribution in [-0.4, -0.2) is 76.6 Å². The Hall–Kier alpha value is -3.87. The Morgan fingerprint density at radius 3 is 2.65 bits per heavy atom. The quantitative estimate of drug-likeness (QED) is 0.271. The van der Waals surface area contributed by atoms with E-state index in [1.54, 1.807) is 6.20 Å². The molecule has 1 atom stereocenters. The number of aromatic amines is 1. The highest BCUT2D eigenvalue weighted by atomic mass is 32.2. The van der Waals surface area contributed by atoms with Crippen molar-refractivity contribution in [3.8, 4) is 11.1 Å². The van der Waals surface area contributed by atoms with Crippen LogP contribution in [0.1, 0.15) is 28.9 Å². The number of H-pyrrole nitrogens is 1. The molecule has 37 heavy (non-hydrogen) atoms. The van der Waals surface area contributed by atoms with Gasteiger partial charge in [0, 0.05) is 58.9 Å². The van der Waals surface area contributed by atoms with Crippen molar-refractivity contribution in [1.82, 2.24) is 30.0 Å². The maximum absolute atomic E-state index is 13.0. The molecule has 1 amide bonds. The summed E-state index contributed by atoms with van der Waals surface area (Å²) in [7, 11) is -2.50. The summed E-state index contributed by atoms with van der Waals surface area (Å²) in [5.41, 5.74) is 4.30. The normalized spacial score (nSPS) is 16.4. The molecule has 1 fully saturated rings. The van der Waals surface area contributed by atoms with E-state index >= 15 is 0 Å². The molecule has 1 aliphatic rings. The van der Waals surface area contributed by atoms with E-state index in [4.69, 9.17) is 0 Å². The SMILES string of the molecule is C=S(C)(=O)Nc1ncc(NC(=O)c2n[nH]c3ccc(-c4cncc(CN5CCC(O)CC5)c4)cc23)cn1. The summed E-state index contributed by atoms with van der Waals surface area (Å²) in [6.45, 7) is 2.50. The van der Waals surface area contributed by atoms with E-state index in [9.17, 15) is 14.1 Å². The van der Waals surface area contributed by atoms with E-state index in [2.05, 4.69) is 52.0 Å². The van der Waals surface area contributed by atoms with Gasteiger partial charge in [-0.2, -0.15) is 5.10 Å². The van der Waals surface area contributed by atoms with Gasteiger partial charge in [-0.25, -0.2) is 14.2 Å². The number of carbonyl (C=O) groups excluding carboxylic acids is 1. The van der Waals surface area contributed by atoms with Crippen LogP contribution in [0.2, 0.25) is 0 Å². The van der Waals surface area contributed by atoms with Crippen LogP contribution in [0.15, 0.2) is 49.1 Å². The summed E-state index contributed by atoms with van der Waals surface area (Å²) in [6.07, 6.45) is 9.32. The van der Waals surface area contributed by atoms with Crippen LogP contribution >= 0.6 is 0 Å². The summed E-state index contributed by atoms with van der Waals surface area (Å²) < 4.78 is 14.4. The van der Waals surface area contributed by atoms with Crippen LogP contribution in [0.5, 0.6) is 0 Å². The molecule has 1 saturated heterocycles. The fourth-order valence-electron chi connectivity index (χ4n) is 4.26. The van der Waals surface area contributed by atoms with Crippen LogP contribution in [0.25, 0.3) is 22.0 Å². The van der Waals surface area contributed by atoms with Crippen molar-refractivity contribution in [2.45, 2.75) is 25.5 Å². The number of likely N-dealkylation sites (tertiary alicyclic amines) is 1. The van der Waals surface area contributed by atoms with E-state index in [1.165, 1.54) is 18.6 Å². The molecule has 0 radical (unpaired) electrons. The number of rotatable bonds is 7. The van der Waals surface area contributed by atoms with E-state index in [-0.39, 0.29) is 17.7 Å². The Kier molecular flexibility index (Phi) is 6.87. The molecular weight excluding hydrogens is 492 g/mol. The fraction of sp³-hybridized carbons (Fsp3) is 0.280. The highest BCUT2D eigenvalue weighted by Gasteiger charge is 2.18. The number of anilines is 2. The number of piperidine rings is 1. The summed E-state index contributed by atoms with van der Waals surface area (Å²) in [5, 5.41) is 20.3. The molecule has 5 rings (SSSR count). The van der Waals surface area contributed by atoms with Crippen LogP contribution in [0.4, 0.5) is 11.6 Å². The van der Waals surface area contributed by atoms with Gasteiger partial charge in [0.1, 0.15) is 0 Å². The van der Waals surface area contributed by atoms with Gasteiger partial charge in [0.05, 0.1) is 29.7 Å². The number of nitrogens with zero attached hydrogens (tertiary/aromatic N) is 5. The monoisotopic (exact) mass is 520 g/mol. The number of hydrogen-bond acceptors (Lipinski definition) is 8. The first-order chi connectivity index (χ1) is 17.7. The molecule has 4 N–H and O–H groups in total. The molecule has 0 spiro atoms. The van der Waals surface area contributed by atoms with Gasteiger partial charge in [-0.15, -0.1) is 0 Å². The first-order valence-corrected chi connectivity index (χ1v) is 13.9. The van der Waals surface area contributed by atoms with Crippen molar-refractivity contribution in [2.75, 3.05) is 29.4 Å². The topological polar surface area (TPSA) is 149 Å². The summed E-state index contributed by atoms with van der Waals surface area (Å²) in [5.74, 6) is 3.25. The molecule has 1 unspecified atom stereocenters. The number of pyridine rings is 1. The number of amides is 1. The van der Waals surface area contributed by atoms with Gasteiger partial charge in [0.25, 0.3) is 5.91 Å². The number of aliphatic hydroxyl groups excluding tert-OH is 1. The minimum absolute atomic E-state index is 0.157. The standard InChI is InChI=1S/C25H28N8O3S/c1-37(2,36)32-25-27-13-19(14-28-25)29-24(35)23-21-10-17(3-4-22(21)30-31-23)18-9-16(11-26-12-18)15-33-7-5-20(34)6-8-33/h3-4,9-14,20,34H,1,5-8,15H2,2H3,(H,29,35)(H,30,31)(H,27,28,32,36). The van der Waals surface area contributed by atoms with Gasteiger partial charge >= 0.3 is 0 Å². The highest BCUT2D eigenvalue weighted by molar-refractivity contribution is 8.00. The largest absolute Gasteiger partial charge is 0.393 e. The second-order valence-electron chi connectivity index (χ2n) is 9.28. The summed E-state index contributed by atoms with van der Waals surface area (Å²) >= 11 is 0. The lowest BCUT2D eigenvalue weighted by molar-refractivity contribution is 0.0792. The van der Waals surface area contributed by atoms with Crippen LogP contribution in [0.3, 0.4) is 0 Å². The molecule has 192 valence electrons. The Morgan fingerprint density at radius 2 is 1.92 bits per heavy atom. The zero-order valence-electron chi connectivity index (χ0n) is 20.3. The Morgan fingerprint density at radius 1 is 1.16 bits per heavy atom. The molecule has 4 heterocycles. The van der Waals surface area contributed by atoms with Gasteiger partial charge in [0.15, 0.2) is 5.69 Å². The maximum atomic E-state index is 13.0. The predicted molar refractivity (Wildman–Crippen MR) is 145 cm³/mol. The van der Waals surface area contributed by atoms with Gasteiger partial charge in [-0.1, -0.05) is 6.07 Å². The van der Waals surface area contributed by atoms with Gasteiger partial charge in [-0.3, -0.25) is 24.5 Å². The molecule has 12 heteroatoms. The van der Waals surface area contributed by atoms with Crippen LogP contribution < -0.4 is 10.0 Å². The molecule has 11 nitrogen and oxygen atoms in total. The molecule has 0 aliphatic carbocycles. The van der Waals surface area contributed by atoms with E-state index in [0.29, 0.717) is 11.1 Å². The van der Waals surface area contributed by atoms with Crippen molar-refractivity contribution in [2.24, 2.45) is 0 Å². The molecule has 1 aromatic carbocycles. The Balaban J connectivity index is 1.33. The number of aliphatic hydroxyl groups is 1. The Bertz CT molecular complexity index is 1530. The fourth-order valence-corrected chi connectivity index (χ4v) is 4.75. The molecule has 3 aromatic heterocycles. The molecule has 0 bridgehead atoms. The minimum Gasteiger partial charge on any atom is -0.393 e. The molecule has 0 saturated carbocycles. The van der Waals surface area contributed by atoms with Crippen molar-refractivity contribution in [3.63, 3.8) is 0 Å². The molecule has 4 aromatic rings. The van der Waals surface area contributed by atoms with Crippen LogP contribution in [-0.2, 0) is 16.3 Å². The van der Waals surface area contributed by atoms with Gasteiger partial charge in [0.2, 0.25) is 5.95 Å². The maximum Gasteiger partial charge on any atom is 0.276 e. The number of hydrogen-bond donors (Lipinski definition) is 4. The zero-order chi connectivity index (χ0) is 26.0. The minimum atomic E-state index is -2.50. The van der Waals surface area contributed by atoms with E-state index in [0.717, 1.165) is 54.7 Å². The van der Waals surface area contributed by atoms with Crippen molar-refractivity contribution >= 4 is 44.0 Å². The molecule has 1 aliphatic heterocycles. The summed E-state index contributed by atoms with van der Waals surface area (Å²) in [4.78, 5) is 27.9. The second kappa shape index (κ2) is 10.2. The number of fused-ring (bicyclic) bond motifs is 1. The average Bonchev–Trinajstić information content (AvgIpc) is 3.29. The van der Waals surface area contributed by atoms with Crippen molar-refractivity contribution < 1.29 is 14.1 Å². The Labute approximate surface area is 214 Å². The number of benzene rings is 1. The number of nitrogens with one attached hydrogen (secondary N) is 3. The summed E-state index contributed by atoms with van der Waals surface area (Å²) in [6, 6.07) is 7.87. The van der Waals surface area contributed by atoms with E-state index < -0.39 is 15.6 Å². The first kappa shape index (κ1) is 24.8. The second-order valence-corrected chi connectivity index (χ2v) is 11.5. The zero-order valence-corrected chi connectivity index (χ0v) is 21.2. The lowest BCUT2D eigenvalue weighted by Gasteiger charge is -2.29. The third kappa shape index (κ3) is 6.10. The average molecular weight is 521 g/mol. The van der Waals surface area contributed by atoms with Crippen molar-refractivity contribution in [1.29, 1.82) is 0 Å². The third-order valence-electron chi connectivity index (χ3n) is 6.09. The lowest BCUT2D eigenvalue weighted by atomic mass is 10.0. The molecular formula is C25H28N8O3S. The van der Waals surface area contributed by atoms with Crippen LogP contribution in [0, 0.1) is 0 Å². The first-order valence-electron chi connectivity index (χ1n) is 11.8. The third-order valence-corrected chi connectivity index (χ3v) is 6.70. The number of carbonyl (C=O) groups is 1. The van der Waals surface area contributed by atoms with Gasteiger partial charge < -0.3 is 10.4 Å². The highest BCUT2D eigenvalue weighted by Crippen LogP contribution is 2.26. The van der Waals surface area contributed by atoms with E-state index in [1.807, 2.05) is 24.4 Å². The predicted octanol–water partition coefficient (Wildman–Crippen LogP) is 2.30.